The van der Waals surface area contributed by atoms with Gasteiger partial charge in [-0.15, -0.1) is 10.2 Å². The van der Waals surface area contributed by atoms with E-state index in [-0.39, 0.29) is 6.42 Å². The number of hydrogen-bond donors (Lipinski definition) is 1. The smallest absolute Gasteiger partial charge is 0.303 e. The molecule has 3 rings (SSSR count). The van der Waals surface area contributed by atoms with Crippen molar-refractivity contribution in [3.8, 4) is 17.1 Å². The first-order chi connectivity index (χ1) is 13.8. The molecule has 0 bridgehead atoms. The lowest BCUT2D eigenvalue weighted by atomic mass is 10.1. The molecule has 0 aliphatic heterocycles. The zero-order valence-electron chi connectivity index (χ0n) is 16.1. The van der Waals surface area contributed by atoms with E-state index in [2.05, 4.69) is 39.0 Å². The maximum Gasteiger partial charge on any atom is 0.303 e. The molecule has 0 saturated carbocycles. The number of carboxylic acid groups (broad SMARTS) is 1. The lowest BCUT2D eigenvalue weighted by molar-refractivity contribution is -0.137. The number of hydrogen-bond acceptors (Lipinski definition) is 3. The van der Waals surface area contributed by atoms with Crippen molar-refractivity contribution in [3.63, 3.8) is 0 Å². The molecule has 0 fully saturated rings. The Labute approximate surface area is 166 Å². The predicted molar refractivity (Wildman–Crippen MR) is 110 cm³/mol. The Hall–Kier alpha value is -2.95. The van der Waals surface area contributed by atoms with Gasteiger partial charge in [0.05, 0.1) is 0 Å². The minimum Gasteiger partial charge on any atom is -0.481 e. The standard InChI is InChI=1S/C23H27N3O2/c27-22(28)18-12-4-2-1-3-11-17-21-24-25-23(19-13-7-5-8-14-19)26(21)20-15-9-6-10-16-20/h5-10,13-16H,1-4,11-12,17-18H2,(H,27,28). The van der Waals surface area contributed by atoms with Gasteiger partial charge < -0.3 is 5.11 Å². The summed E-state index contributed by atoms with van der Waals surface area (Å²) in [5.41, 5.74) is 2.14. The van der Waals surface area contributed by atoms with Gasteiger partial charge in [-0.3, -0.25) is 9.36 Å². The molecule has 0 amide bonds. The van der Waals surface area contributed by atoms with Crippen molar-refractivity contribution in [1.29, 1.82) is 0 Å². The summed E-state index contributed by atoms with van der Waals surface area (Å²) in [5, 5.41) is 17.6. The van der Waals surface area contributed by atoms with Crippen molar-refractivity contribution in [1.82, 2.24) is 14.8 Å². The zero-order chi connectivity index (χ0) is 19.6. The Morgan fingerprint density at radius 2 is 1.39 bits per heavy atom. The molecule has 5 heteroatoms. The van der Waals surface area contributed by atoms with Gasteiger partial charge in [-0.25, -0.2) is 0 Å². The molecule has 1 heterocycles. The van der Waals surface area contributed by atoms with Crippen LogP contribution >= 0.6 is 0 Å². The maximum atomic E-state index is 10.5. The minimum absolute atomic E-state index is 0.280. The molecule has 28 heavy (non-hydrogen) atoms. The highest BCUT2D eigenvalue weighted by atomic mass is 16.4. The molecule has 0 aliphatic carbocycles. The first kappa shape index (κ1) is 19.8. The van der Waals surface area contributed by atoms with E-state index in [0.717, 1.165) is 67.8 Å². The molecule has 0 unspecified atom stereocenters. The minimum atomic E-state index is -0.700. The van der Waals surface area contributed by atoms with Gasteiger partial charge in [0.25, 0.3) is 0 Å². The summed E-state index contributed by atoms with van der Waals surface area (Å²) >= 11 is 0. The number of carbonyl (C=O) groups is 1. The van der Waals surface area contributed by atoms with Crippen LogP contribution in [-0.2, 0) is 11.2 Å². The first-order valence-corrected chi connectivity index (χ1v) is 10.0. The van der Waals surface area contributed by atoms with Gasteiger partial charge in [-0.1, -0.05) is 74.2 Å². The van der Waals surface area contributed by atoms with Crippen LogP contribution < -0.4 is 0 Å². The molecule has 0 aliphatic rings. The molecular weight excluding hydrogens is 350 g/mol. The van der Waals surface area contributed by atoms with Gasteiger partial charge in [0.15, 0.2) is 5.82 Å². The number of carboxylic acids is 1. The second kappa shape index (κ2) is 10.4. The summed E-state index contributed by atoms with van der Waals surface area (Å²) < 4.78 is 2.15. The van der Waals surface area contributed by atoms with Gasteiger partial charge in [0.2, 0.25) is 0 Å². The lowest BCUT2D eigenvalue weighted by Crippen LogP contribution is -2.03. The number of aliphatic carboxylic acids is 1. The second-order valence-corrected chi connectivity index (χ2v) is 6.99. The van der Waals surface area contributed by atoms with E-state index in [0.29, 0.717) is 0 Å². The van der Waals surface area contributed by atoms with Gasteiger partial charge >= 0.3 is 5.97 Å². The average Bonchev–Trinajstić information content (AvgIpc) is 3.15. The highest BCUT2D eigenvalue weighted by molar-refractivity contribution is 5.66. The summed E-state index contributed by atoms with van der Waals surface area (Å²) in [5.74, 6) is 1.15. The SMILES string of the molecule is O=C(O)CCCCCCCCc1nnc(-c2ccccc2)n1-c1ccccc1. The second-order valence-electron chi connectivity index (χ2n) is 6.99. The number of benzene rings is 2. The Bertz CT molecular complexity index is 860. The normalized spacial score (nSPS) is 10.9. The maximum absolute atomic E-state index is 10.5. The number of aromatic nitrogens is 3. The largest absolute Gasteiger partial charge is 0.481 e. The molecule has 0 atom stereocenters. The molecule has 1 aromatic heterocycles. The van der Waals surface area contributed by atoms with E-state index >= 15 is 0 Å². The summed E-state index contributed by atoms with van der Waals surface area (Å²) in [6, 6.07) is 20.4. The van der Waals surface area contributed by atoms with Crippen LogP contribution in [0, 0.1) is 0 Å². The number of nitrogens with zero attached hydrogens (tertiary/aromatic N) is 3. The van der Waals surface area contributed by atoms with Gasteiger partial charge in [0, 0.05) is 24.1 Å². The molecule has 0 radical (unpaired) electrons. The molecule has 0 spiro atoms. The molecule has 1 N–H and O–H groups in total. The Morgan fingerprint density at radius 1 is 0.786 bits per heavy atom. The van der Waals surface area contributed by atoms with Crippen LogP contribution in [0.3, 0.4) is 0 Å². The Balaban J connectivity index is 1.62. The molecule has 2 aromatic carbocycles. The topological polar surface area (TPSA) is 68.0 Å². The van der Waals surface area contributed by atoms with Crippen molar-refractivity contribution in [2.24, 2.45) is 0 Å². The fourth-order valence-corrected chi connectivity index (χ4v) is 3.37. The van der Waals surface area contributed by atoms with Crippen LogP contribution in [0.25, 0.3) is 17.1 Å². The van der Waals surface area contributed by atoms with Crippen LogP contribution in [0.2, 0.25) is 0 Å². The summed E-state index contributed by atoms with van der Waals surface area (Å²) in [7, 11) is 0. The monoisotopic (exact) mass is 377 g/mol. The van der Waals surface area contributed by atoms with E-state index < -0.39 is 5.97 Å². The van der Waals surface area contributed by atoms with Crippen LogP contribution in [-0.4, -0.2) is 25.8 Å². The molecular formula is C23H27N3O2. The van der Waals surface area contributed by atoms with Crippen molar-refractivity contribution in [2.75, 3.05) is 0 Å². The van der Waals surface area contributed by atoms with Gasteiger partial charge in [0.1, 0.15) is 5.82 Å². The van der Waals surface area contributed by atoms with Gasteiger partial charge in [-0.2, -0.15) is 0 Å². The summed E-state index contributed by atoms with van der Waals surface area (Å²) in [4.78, 5) is 10.5. The van der Waals surface area contributed by atoms with E-state index in [1.165, 1.54) is 0 Å². The van der Waals surface area contributed by atoms with E-state index in [4.69, 9.17) is 5.11 Å². The van der Waals surface area contributed by atoms with E-state index in [1.54, 1.807) is 0 Å². The molecule has 0 saturated heterocycles. The predicted octanol–water partition coefficient (Wildman–Crippen LogP) is 5.29. The number of unbranched alkanes of at least 4 members (excludes halogenated alkanes) is 5. The van der Waals surface area contributed by atoms with Crippen molar-refractivity contribution >= 4 is 5.97 Å². The summed E-state index contributed by atoms with van der Waals surface area (Å²) in [6.07, 6.45) is 7.32. The highest BCUT2D eigenvalue weighted by Gasteiger charge is 2.14. The third-order valence-electron chi connectivity index (χ3n) is 4.82. The summed E-state index contributed by atoms with van der Waals surface area (Å²) in [6.45, 7) is 0. The molecule has 3 aromatic rings. The fourth-order valence-electron chi connectivity index (χ4n) is 3.37. The number of para-hydroxylation sites is 1. The molecule has 146 valence electrons. The lowest BCUT2D eigenvalue weighted by Gasteiger charge is -2.10. The third-order valence-corrected chi connectivity index (χ3v) is 4.82. The van der Waals surface area contributed by atoms with Crippen molar-refractivity contribution in [3.05, 3.63) is 66.5 Å². The zero-order valence-corrected chi connectivity index (χ0v) is 16.1. The van der Waals surface area contributed by atoms with Crippen molar-refractivity contribution < 1.29 is 9.90 Å². The van der Waals surface area contributed by atoms with E-state index in [9.17, 15) is 4.79 Å². The quantitative estimate of drug-likeness (QED) is 0.461. The fraction of sp³-hybridized carbons (Fsp3) is 0.348. The van der Waals surface area contributed by atoms with Gasteiger partial charge in [-0.05, 0) is 25.0 Å². The third kappa shape index (κ3) is 5.52. The number of aryl methyl sites for hydroxylation is 1. The van der Waals surface area contributed by atoms with Crippen molar-refractivity contribution in [2.45, 2.75) is 51.4 Å². The Morgan fingerprint density at radius 3 is 2.07 bits per heavy atom. The van der Waals surface area contributed by atoms with Crippen LogP contribution in [0.1, 0.15) is 50.8 Å². The highest BCUT2D eigenvalue weighted by Crippen LogP contribution is 2.23. The number of rotatable bonds is 11. The Kier molecular flexibility index (Phi) is 7.36. The average molecular weight is 377 g/mol. The molecule has 5 nitrogen and oxygen atoms in total. The van der Waals surface area contributed by atoms with Crippen LogP contribution in [0.4, 0.5) is 0 Å². The van der Waals surface area contributed by atoms with Crippen LogP contribution in [0.15, 0.2) is 60.7 Å². The van der Waals surface area contributed by atoms with Crippen LogP contribution in [0.5, 0.6) is 0 Å². The van der Waals surface area contributed by atoms with E-state index in [1.807, 2.05) is 36.4 Å². The first-order valence-electron chi connectivity index (χ1n) is 10.0.